The first-order valence-electron chi connectivity index (χ1n) is 8.87. The number of fused-ring (bicyclic) bond motifs is 1. The molecule has 150 valence electrons. The van der Waals surface area contributed by atoms with Crippen LogP contribution in [0.5, 0.6) is 0 Å². The van der Waals surface area contributed by atoms with Crippen LogP contribution < -0.4 is 10.5 Å². The number of methoxy groups -OCH3 is 1. The lowest BCUT2D eigenvalue weighted by Crippen LogP contribution is -3.00. The van der Waals surface area contributed by atoms with E-state index in [-0.39, 0.29) is 28.5 Å². The van der Waals surface area contributed by atoms with Gasteiger partial charge >= 0.3 is 5.97 Å². The van der Waals surface area contributed by atoms with Crippen molar-refractivity contribution in [3.63, 3.8) is 0 Å². The molecule has 1 aromatic carbocycles. The van der Waals surface area contributed by atoms with E-state index in [2.05, 4.69) is 13.8 Å². The molecule has 0 bridgehead atoms. The molecule has 9 heteroatoms. The summed E-state index contributed by atoms with van der Waals surface area (Å²) in [6.07, 6.45) is 1.17. The Labute approximate surface area is 157 Å². The molecule has 0 saturated heterocycles. The van der Waals surface area contributed by atoms with Gasteiger partial charge in [-0.3, -0.25) is 0 Å². The van der Waals surface area contributed by atoms with Gasteiger partial charge in [-0.25, -0.2) is 15.2 Å². The van der Waals surface area contributed by atoms with Crippen molar-refractivity contribution in [2.45, 2.75) is 45.3 Å². The second-order valence-corrected chi connectivity index (χ2v) is 8.31. The highest BCUT2D eigenvalue weighted by Gasteiger charge is 2.65. The van der Waals surface area contributed by atoms with Gasteiger partial charge in [0, 0.05) is 19.2 Å². The van der Waals surface area contributed by atoms with Gasteiger partial charge in [0.2, 0.25) is 0 Å². The summed E-state index contributed by atoms with van der Waals surface area (Å²) >= 11 is 0. The molecule has 6 atom stereocenters. The van der Waals surface area contributed by atoms with E-state index in [1.54, 1.807) is 7.11 Å². The minimum absolute atomic E-state index is 0.0967. The number of quaternary nitrogens is 2. The molecule has 3 rings (SSSR count). The van der Waals surface area contributed by atoms with Gasteiger partial charge in [-0.1, -0.05) is 13.8 Å². The molecule has 2 aliphatic rings. The number of hydrogen-bond acceptors (Lipinski definition) is 7. The van der Waals surface area contributed by atoms with Crippen LogP contribution in [0.25, 0.3) is 0 Å². The fraction of sp³-hybridized carbons (Fsp3) is 0.611. The lowest BCUT2D eigenvalue weighted by Gasteiger charge is -2.39. The molecule has 4 N–H and O–H groups in total. The van der Waals surface area contributed by atoms with E-state index in [1.165, 1.54) is 0 Å². The van der Waals surface area contributed by atoms with Crippen LogP contribution in [0.2, 0.25) is 0 Å². The van der Waals surface area contributed by atoms with E-state index in [9.17, 15) is 25.6 Å². The molecule has 0 spiro atoms. The number of carbonyl (C=O) groups is 1. The van der Waals surface area contributed by atoms with Crippen LogP contribution in [0, 0.1) is 27.7 Å². The van der Waals surface area contributed by atoms with Crippen LogP contribution in [0.1, 0.15) is 44.0 Å². The zero-order valence-electron chi connectivity index (χ0n) is 15.8. The highest BCUT2D eigenvalue weighted by Crippen LogP contribution is 2.67. The molecule has 2 fully saturated rings. The lowest BCUT2D eigenvalue weighted by atomic mass is 9.83. The van der Waals surface area contributed by atoms with Crippen molar-refractivity contribution in [2.24, 2.45) is 17.3 Å². The van der Waals surface area contributed by atoms with E-state index < -0.39 is 22.0 Å². The average molecular weight is 382 g/mol. The molecular weight excluding hydrogens is 356 g/mol. The molecule has 0 heterocycles. The monoisotopic (exact) mass is 382 g/mol. The third-order valence-corrected chi connectivity index (χ3v) is 6.34. The number of hydrogen-bond donors (Lipinski definition) is 4. The summed E-state index contributed by atoms with van der Waals surface area (Å²) in [6.45, 7) is 6.21. The summed E-state index contributed by atoms with van der Waals surface area (Å²) < 4.78 is 11.4. The minimum atomic E-state index is -1.31. The summed E-state index contributed by atoms with van der Waals surface area (Å²) in [7, 11) is 1.58. The molecule has 9 nitrogen and oxygen atoms in total. The molecule has 2 saturated carbocycles. The molecule has 2 aliphatic carbocycles. The summed E-state index contributed by atoms with van der Waals surface area (Å²) in [5, 5.41) is 38.3. The van der Waals surface area contributed by atoms with Crippen LogP contribution >= 0.6 is 0 Å². The average Bonchev–Trinajstić information content (AvgIpc) is 3.11. The van der Waals surface area contributed by atoms with Crippen molar-refractivity contribution in [2.75, 3.05) is 7.11 Å². The van der Waals surface area contributed by atoms with Crippen LogP contribution in [0.3, 0.4) is 0 Å². The summed E-state index contributed by atoms with van der Waals surface area (Å²) in [4.78, 5) is 12.7. The number of nitrogens with one attached hydrogen (secondary N) is 2. The zero-order chi connectivity index (χ0) is 20.1. The Bertz CT molecular complexity index is 710. The molecule has 0 radical (unpaired) electrons. The van der Waals surface area contributed by atoms with E-state index in [0.717, 1.165) is 24.6 Å². The smallest absolute Gasteiger partial charge is 0.339 e. The molecule has 1 aromatic rings. The van der Waals surface area contributed by atoms with Crippen LogP contribution in [0.15, 0.2) is 18.2 Å². The van der Waals surface area contributed by atoms with Gasteiger partial charge in [-0.05, 0) is 37.0 Å². The molecular formula is C18H26N2O7. The van der Waals surface area contributed by atoms with Crippen molar-refractivity contribution < 1.29 is 35.1 Å². The summed E-state index contributed by atoms with van der Waals surface area (Å²) in [6, 6.07) is 3.28. The van der Waals surface area contributed by atoms with Crippen molar-refractivity contribution in [3.05, 3.63) is 34.2 Å². The standard InChI is InChI=1S/C18H26N2O7/c1-17(2)13-8-15(26-4)18(3,9-14(13)17)27-16(21)10-5-11(19(22)23)7-12(6-10)20(24)25/h5-7,13-15,19-20,22,24H,8-9H2,1-4H3/t13-,14-,15+,18-/m0/s1. The van der Waals surface area contributed by atoms with Gasteiger partial charge in [-0.15, -0.1) is 0 Å². The van der Waals surface area contributed by atoms with Crippen molar-refractivity contribution in [3.8, 4) is 0 Å². The highest BCUT2D eigenvalue weighted by atomic mass is 16.8. The molecule has 0 amide bonds. The number of benzene rings is 1. The third kappa shape index (κ3) is 3.59. The third-order valence-electron chi connectivity index (χ3n) is 6.34. The van der Waals surface area contributed by atoms with E-state index in [1.807, 2.05) is 6.92 Å². The Kier molecular flexibility index (Phi) is 5.06. The zero-order valence-corrected chi connectivity index (χ0v) is 15.8. The van der Waals surface area contributed by atoms with E-state index in [4.69, 9.17) is 9.47 Å². The Morgan fingerprint density at radius 2 is 1.67 bits per heavy atom. The molecule has 0 aromatic heterocycles. The van der Waals surface area contributed by atoms with Crippen LogP contribution in [-0.2, 0) is 9.47 Å². The first kappa shape index (κ1) is 20.2. The highest BCUT2D eigenvalue weighted by molar-refractivity contribution is 5.91. The van der Waals surface area contributed by atoms with E-state index in [0.29, 0.717) is 18.3 Å². The summed E-state index contributed by atoms with van der Waals surface area (Å²) in [5.41, 5.74) is -1.32. The Morgan fingerprint density at radius 1 is 1.11 bits per heavy atom. The first-order valence-corrected chi connectivity index (χ1v) is 8.87. The van der Waals surface area contributed by atoms with Crippen molar-refractivity contribution in [1.82, 2.24) is 0 Å². The predicted octanol–water partition coefficient (Wildman–Crippen LogP) is 0.490. The van der Waals surface area contributed by atoms with Gasteiger partial charge in [0.25, 0.3) is 0 Å². The largest absolute Gasteiger partial charge is 0.595 e. The summed E-state index contributed by atoms with van der Waals surface area (Å²) in [5.74, 6) is 0.215. The number of rotatable bonds is 5. The maximum absolute atomic E-state index is 12.7. The molecule has 2 unspecified atom stereocenters. The maximum atomic E-state index is 12.7. The predicted molar refractivity (Wildman–Crippen MR) is 92.6 cm³/mol. The number of carbonyl (C=O) groups excluding carboxylic acids is 1. The SMILES string of the molecule is CO[C@@H]1C[C@H]2[C@H](C[C@]1(C)OC(=O)c1cc([NH+]([O-])O)cc([NH+]([O-])O)c1)C2(C)C. The lowest BCUT2D eigenvalue weighted by molar-refractivity contribution is -0.996. The van der Waals surface area contributed by atoms with E-state index >= 15 is 0 Å². The van der Waals surface area contributed by atoms with Gasteiger partial charge in [-0.2, -0.15) is 10.5 Å². The Morgan fingerprint density at radius 3 is 2.15 bits per heavy atom. The van der Waals surface area contributed by atoms with Crippen molar-refractivity contribution >= 4 is 17.3 Å². The van der Waals surface area contributed by atoms with Gasteiger partial charge < -0.3 is 19.9 Å². The van der Waals surface area contributed by atoms with Crippen LogP contribution in [0.4, 0.5) is 11.4 Å². The molecule has 0 aliphatic heterocycles. The topological polar surface area (TPSA) is 131 Å². The van der Waals surface area contributed by atoms with Crippen LogP contribution in [-0.4, -0.2) is 35.2 Å². The van der Waals surface area contributed by atoms with Gasteiger partial charge in [0.15, 0.2) is 11.4 Å². The Balaban J connectivity index is 1.86. The second-order valence-electron chi connectivity index (χ2n) is 8.31. The van der Waals surface area contributed by atoms with Gasteiger partial charge in [0.05, 0.1) is 17.7 Å². The number of esters is 1. The van der Waals surface area contributed by atoms with Crippen molar-refractivity contribution in [1.29, 1.82) is 0 Å². The number of ether oxygens (including phenoxy) is 2. The first-order chi connectivity index (χ1) is 12.5. The quantitative estimate of drug-likeness (QED) is 0.430. The second kappa shape index (κ2) is 6.78. The fourth-order valence-corrected chi connectivity index (χ4v) is 4.49. The molecule has 27 heavy (non-hydrogen) atoms. The van der Waals surface area contributed by atoms with Gasteiger partial charge in [0.1, 0.15) is 5.60 Å². The minimum Gasteiger partial charge on any atom is -0.595 e. The Hall–Kier alpha value is -1.59. The fourth-order valence-electron chi connectivity index (χ4n) is 4.49. The normalized spacial score (nSPS) is 33.7. The maximum Gasteiger partial charge on any atom is 0.339 e.